The summed E-state index contributed by atoms with van der Waals surface area (Å²) in [6.45, 7) is 3.42. The molecule has 0 radical (unpaired) electrons. The number of amidine groups is 2. The molecule has 0 aliphatic heterocycles. The van der Waals surface area contributed by atoms with Crippen molar-refractivity contribution >= 4 is 54.2 Å². The van der Waals surface area contributed by atoms with Crippen molar-refractivity contribution in [2.75, 3.05) is 13.3 Å². The topological polar surface area (TPSA) is 249 Å². The lowest BCUT2D eigenvalue weighted by Crippen LogP contribution is -2.49. The van der Waals surface area contributed by atoms with E-state index in [0.29, 0.717) is 16.7 Å². The number of hydrogen-bond acceptors (Lipinski definition) is 10. The van der Waals surface area contributed by atoms with Gasteiger partial charge in [0.05, 0.1) is 0 Å². The molecule has 9 N–H and O–H groups in total. The molecule has 5 amide bonds. The maximum absolute atomic E-state index is 13.2. The number of hydrogen-bond donors (Lipinski definition) is 7. The van der Waals surface area contributed by atoms with E-state index >= 15 is 0 Å². The molecule has 0 fully saturated rings. The lowest BCUT2D eigenvalue weighted by Gasteiger charge is -2.22. The molecule has 4 rings (SSSR count). The van der Waals surface area contributed by atoms with Crippen LogP contribution >= 0.6 is 12.4 Å². The van der Waals surface area contributed by atoms with Crippen LogP contribution in [-0.2, 0) is 50.1 Å². The normalized spacial score (nSPS) is 11.7. The van der Waals surface area contributed by atoms with E-state index in [2.05, 4.69) is 26.3 Å². The van der Waals surface area contributed by atoms with Crippen molar-refractivity contribution in [1.29, 1.82) is 5.41 Å². The van der Waals surface area contributed by atoms with E-state index in [0.717, 1.165) is 16.7 Å². The number of halogens is 3. The van der Waals surface area contributed by atoms with Gasteiger partial charge in [0.2, 0.25) is 11.8 Å². The molecule has 0 saturated carbocycles. The van der Waals surface area contributed by atoms with Crippen LogP contribution in [0.2, 0.25) is 0 Å². The smallest absolute Gasteiger partial charge is 0.435 e. The van der Waals surface area contributed by atoms with Gasteiger partial charge in [0.15, 0.2) is 0 Å². The molecule has 0 aliphatic rings. The first-order valence-corrected chi connectivity index (χ1v) is 18.8. The number of nitrogens with zero attached hydrogens (tertiary/aromatic N) is 1. The summed E-state index contributed by atoms with van der Waals surface area (Å²) in [5.41, 5.74) is 14.4. The van der Waals surface area contributed by atoms with Gasteiger partial charge < -0.3 is 41.6 Å². The van der Waals surface area contributed by atoms with Gasteiger partial charge >= 0.3 is 18.3 Å². The van der Waals surface area contributed by atoms with Crippen molar-refractivity contribution in [2.45, 2.75) is 64.8 Å². The van der Waals surface area contributed by atoms with Crippen molar-refractivity contribution in [3.63, 3.8) is 0 Å². The minimum atomic E-state index is -1.38. The Morgan fingerprint density at radius 2 is 1.16 bits per heavy atom. The third-order valence-electron chi connectivity index (χ3n) is 7.95. The first-order chi connectivity index (χ1) is 29.1. The lowest BCUT2D eigenvalue weighted by atomic mass is 10.1. The second kappa shape index (κ2) is 26.3. The highest BCUT2D eigenvalue weighted by atomic mass is 35.5. The summed E-state index contributed by atoms with van der Waals surface area (Å²) in [6.07, 6.45) is -2.42. The quantitative estimate of drug-likeness (QED) is 0.0450. The summed E-state index contributed by atoms with van der Waals surface area (Å²) >= 11 is 0. The maximum atomic E-state index is 13.2. The zero-order valence-electron chi connectivity index (χ0n) is 34.3. The Kier molecular flexibility index (Phi) is 21.7. The second-order valence-electron chi connectivity index (χ2n) is 14.0. The molecule has 19 heteroatoms. The first-order valence-electron chi connectivity index (χ1n) is 18.8. The van der Waals surface area contributed by atoms with Crippen LogP contribution in [0.3, 0.4) is 0 Å². The van der Waals surface area contributed by atoms with Crippen LogP contribution in [-0.4, -0.2) is 72.8 Å². The molecule has 332 valence electrons. The number of aliphatic imine (C=N–C) groups is 1. The molecule has 4 aromatic rings. The van der Waals surface area contributed by atoms with Crippen LogP contribution in [0.1, 0.15) is 54.2 Å². The molecule has 16 nitrogen and oxygen atoms in total. The molecule has 0 spiro atoms. The number of amides is 5. The van der Waals surface area contributed by atoms with Crippen LogP contribution in [0.25, 0.3) is 0 Å². The monoisotopic (exact) mass is 880 g/mol. The van der Waals surface area contributed by atoms with Crippen LogP contribution in [0.4, 0.5) is 23.2 Å². The number of ether oxygens (including phenoxy) is 3. The standard InChI is InChI=1S/C24H29FN4O5.C19H21FN4O3.ClH/c1-24(2,3)34-23(32)28-19(13-25)21(30)27-14-16-9-11-18(12-10-16)20(26)29-22(31)33-15-17-7-5-4-6-8-17;20-10-16(21)18(25)23-11-13-6-8-15(9-7-13)17(22)24-19(26)27-12-14-4-2-1-3-5-14;/h4-12,19H,13-15H2,1-3H3,(H,27,30)(H,28,32)(H2,26,29,31);1-9,16H,10-12,21H2,(H,23,25)(H2,22,24,26);1H. The van der Waals surface area contributed by atoms with E-state index < -0.39 is 61.1 Å². The molecule has 2 unspecified atom stereocenters. The lowest BCUT2D eigenvalue weighted by molar-refractivity contribution is -0.124. The van der Waals surface area contributed by atoms with Crippen molar-refractivity contribution < 1.29 is 47.0 Å². The van der Waals surface area contributed by atoms with Crippen molar-refractivity contribution in [3.05, 3.63) is 143 Å². The molecule has 0 aromatic heterocycles. The van der Waals surface area contributed by atoms with E-state index in [1.165, 1.54) is 0 Å². The summed E-state index contributed by atoms with van der Waals surface area (Å²) in [5.74, 6) is -1.40. The Morgan fingerprint density at radius 1 is 0.677 bits per heavy atom. The third-order valence-corrected chi connectivity index (χ3v) is 7.95. The van der Waals surface area contributed by atoms with Gasteiger partial charge in [-0.15, -0.1) is 12.4 Å². The summed E-state index contributed by atoms with van der Waals surface area (Å²) < 4.78 is 40.7. The van der Waals surface area contributed by atoms with E-state index in [1.54, 1.807) is 69.3 Å². The van der Waals surface area contributed by atoms with E-state index in [-0.39, 0.29) is 50.4 Å². The molecule has 2 atom stereocenters. The van der Waals surface area contributed by atoms with Gasteiger partial charge in [-0.1, -0.05) is 109 Å². The summed E-state index contributed by atoms with van der Waals surface area (Å²) in [6, 6.07) is 29.0. The van der Waals surface area contributed by atoms with Crippen LogP contribution in [0.15, 0.2) is 114 Å². The number of nitrogens with two attached hydrogens (primary N) is 2. The zero-order valence-corrected chi connectivity index (χ0v) is 35.1. The van der Waals surface area contributed by atoms with Gasteiger partial charge in [-0.25, -0.2) is 23.2 Å². The van der Waals surface area contributed by atoms with Crippen LogP contribution in [0.5, 0.6) is 0 Å². The van der Waals surface area contributed by atoms with Crippen molar-refractivity contribution in [2.24, 2.45) is 16.5 Å². The van der Waals surface area contributed by atoms with Gasteiger partial charge in [-0.3, -0.25) is 20.3 Å². The molecule has 0 aliphatic carbocycles. The summed E-state index contributed by atoms with van der Waals surface area (Å²) in [5, 5.41) is 17.6. The average molecular weight is 881 g/mol. The fourth-order valence-corrected chi connectivity index (χ4v) is 4.76. The molecule has 0 saturated heterocycles. The SMILES string of the molecule is CC(C)(C)OC(=O)NC(CF)C(=O)NCc1ccc(C(=N)NC(=O)OCc2ccccc2)cc1.Cl.NC(=NC(=O)OCc1ccccc1)c1ccc(CNC(=O)C(N)CF)cc1. The van der Waals surface area contributed by atoms with Gasteiger partial charge in [-0.05, 0) is 43.0 Å². The number of carbonyl (C=O) groups excluding carboxylic acids is 5. The fourth-order valence-electron chi connectivity index (χ4n) is 4.76. The highest BCUT2D eigenvalue weighted by Gasteiger charge is 2.24. The van der Waals surface area contributed by atoms with E-state index in [9.17, 15) is 32.8 Å². The van der Waals surface area contributed by atoms with Gasteiger partial charge in [0, 0.05) is 24.2 Å². The Balaban J connectivity index is 0.000000430. The van der Waals surface area contributed by atoms with Crippen molar-refractivity contribution in [1.82, 2.24) is 21.3 Å². The fraction of sp³-hybridized carbons (Fsp3) is 0.279. The highest BCUT2D eigenvalue weighted by Crippen LogP contribution is 2.09. The molecular formula is C43H51ClF2N8O8. The number of alkyl carbamates (subject to hydrolysis) is 2. The third kappa shape index (κ3) is 19.4. The number of rotatable bonds is 15. The largest absolute Gasteiger partial charge is 0.444 e. The van der Waals surface area contributed by atoms with Gasteiger partial charge in [0.25, 0.3) is 0 Å². The average Bonchev–Trinajstić information content (AvgIpc) is 3.25. The Bertz CT molecular complexity index is 2090. The Hall–Kier alpha value is -6.92. The van der Waals surface area contributed by atoms with E-state index in [4.69, 9.17) is 31.1 Å². The Labute approximate surface area is 364 Å². The van der Waals surface area contributed by atoms with E-state index in [1.807, 2.05) is 60.7 Å². The van der Waals surface area contributed by atoms with Crippen molar-refractivity contribution in [3.8, 4) is 0 Å². The van der Waals surface area contributed by atoms with Gasteiger partial charge in [-0.2, -0.15) is 4.99 Å². The summed E-state index contributed by atoms with van der Waals surface area (Å²) in [7, 11) is 0. The number of alkyl halides is 2. The highest BCUT2D eigenvalue weighted by molar-refractivity contribution is 6.04. The predicted octanol–water partition coefficient (Wildman–Crippen LogP) is 5.48. The number of carbonyl (C=O) groups is 5. The molecule has 0 bridgehead atoms. The maximum Gasteiger partial charge on any atom is 0.435 e. The first kappa shape index (κ1) is 51.2. The molecular weight excluding hydrogens is 830 g/mol. The van der Waals surface area contributed by atoms with Crippen LogP contribution in [0, 0.1) is 5.41 Å². The molecule has 0 heterocycles. The molecule has 4 aromatic carbocycles. The second-order valence-corrected chi connectivity index (χ2v) is 14.0. The number of nitrogens with one attached hydrogen (secondary N) is 5. The van der Waals surface area contributed by atoms with Gasteiger partial charge in [0.1, 0.15) is 55.9 Å². The molecule has 62 heavy (non-hydrogen) atoms. The minimum absolute atomic E-state index is 0. The summed E-state index contributed by atoms with van der Waals surface area (Å²) in [4.78, 5) is 62.8. The number of benzene rings is 4. The van der Waals surface area contributed by atoms with Crippen LogP contribution < -0.4 is 32.7 Å². The predicted molar refractivity (Wildman–Crippen MR) is 231 cm³/mol. The Morgan fingerprint density at radius 3 is 1.65 bits per heavy atom. The zero-order chi connectivity index (χ0) is 44.8. The minimum Gasteiger partial charge on any atom is -0.444 e.